The molecule has 0 atom stereocenters. The predicted molar refractivity (Wildman–Crippen MR) is 128 cm³/mol. The summed E-state index contributed by atoms with van der Waals surface area (Å²) in [6, 6.07) is 21.5. The summed E-state index contributed by atoms with van der Waals surface area (Å²) in [7, 11) is 0. The van der Waals surface area contributed by atoms with Gasteiger partial charge in [0, 0.05) is 22.3 Å². The Morgan fingerprint density at radius 3 is 1.65 bits per heavy atom. The highest BCUT2D eigenvalue weighted by molar-refractivity contribution is 5.48. The van der Waals surface area contributed by atoms with Crippen molar-refractivity contribution in [2.45, 2.75) is 52.4 Å². The van der Waals surface area contributed by atoms with Gasteiger partial charge in [0.25, 0.3) is 0 Å². The van der Waals surface area contributed by atoms with Crippen LogP contribution in [0.2, 0.25) is 0 Å². The molecule has 156 valence electrons. The summed E-state index contributed by atoms with van der Waals surface area (Å²) < 4.78 is 14.3. The minimum absolute atomic E-state index is 0.152. The Morgan fingerprint density at radius 2 is 1.13 bits per heavy atom. The third-order valence-corrected chi connectivity index (χ3v) is 5.30. The molecule has 1 heteroatoms. The Morgan fingerprint density at radius 1 is 0.613 bits per heavy atom. The van der Waals surface area contributed by atoms with Crippen LogP contribution in [0.1, 0.15) is 72.9 Å². The molecule has 3 rings (SSSR count). The lowest BCUT2D eigenvalue weighted by Crippen LogP contribution is -1.92. The Balaban J connectivity index is 1.61. The van der Waals surface area contributed by atoms with Crippen LogP contribution in [-0.2, 0) is 12.8 Å². The van der Waals surface area contributed by atoms with Crippen molar-refractivity contribution >= 4 is 0 Å². The van der Waals surface area contributed by atoms with Crippen molar-refractivity contribution < 1.29 is 4.39 Å². The summed E-state index contributed by atoms with van der Waals surface area (Å²) in [6.07, 6.45) is 6.42. The molecule has 3 aromatic rings. The molecule has 31 heavy (non-hydrogen) atoms. The summed E-state index contributed by atoms with van der Waals surface area (Å²) in [6.45, 7) is 4.33. The van der Waals surface area contributed by atoms with Crippen molar-refractivity contribution in [2.24, 2.45) is 0 Å². The zero-order valence-corrected chi connectivity index (χ0v) is 18.5. The predicted octanol–water partition coefficient (Wildman–Crippen LogP) is 7.31. The summed E-state index contributed by atoms with van der Waals surface area (Å²) in [5.74, 6) is 12.4. The van der Waals surface area contributed by atoms with Gasteiger partial charge in [0.2, 0.25) is 0 Å². The second-order valence-corrected chi connectivity index (χ2v) is 7.74. The molecule has 0 fully saturated rings. The molecule has 0 aromatic heterocycles. The largest absolute Gasteiger partial charge is 0.207 e. The summed E-state index contributed by atoms with van der Waals surface area (Å²) in [5, 5.41) is 0. The third kappa shape index (κ3) is 7.16. The highest BCUT2D eigenvalue weighted by Gasteiger charge is 2.02. The van der Waals surface area contributed by atoms with E-state index in [1.54, 1.807) is 6.07 Å². The number of hydrogen-bond acceptors (Lipinski definition) is 0. The molecule has 0 N–H and O–H groups in total. The smallest absolute Gasteiger partial charge is 0.127 e. The SMILES string of the molecule is CCCCCCc1ccc(C#Cc2ccc(C#Cc3ccc(CC)cc3)cc2)cc1F. The molecule has 0 aliphatic carbocycles. The van der Waals surface area contributed by atoms with Crippen molar-refractivity contribution in [3.8, 4) is 23.7 Å². The van der Waals surface area contributed by atoms with Crippen LogP contribution in [0.4, 0.5) is 4.39 Å². The number of rotatable bonds is 6. The Bertz CT molecular complexity index is 1100. The maximum Gasteiger partial charge on any atom is 0.127 e. The van der Waals surface area contributed by atoms with Crippen LogP contribution in [-0.4, -0.2) is 0 Å². The molecule has 0 radical (unpaired) electrons. The van der Waals surface area contributed by atoms with Crippen LogP contribution in [0.15, 0.2) is 66.7 Å². The molecule has 0 spiro atoms. The molecule has 0 unspecified atom stereocenters. The van der Waals surface area contributed by atoms with Gasteiger partial charge < -0.3 is 0 Å². The molecule has 0 aliphatic rings. The Hall–Kier alpha value is -3.29. The first-order valence-corrected chi connectivity index (χ1v) is 11.2. The van der Waals surface area contributed by atoms with Gasteiger partial charge in [-0.3, -0.25) is 0 Å². The first-order chi connectivity index (χ1) is 15.2. The van der Waals surface area contributed by atoms with Gasteiger partial charge in [-0.1, -0.05) is 75.0 Å². The van der Waals surface area contributed by atoms with E-state index in [0.717, 1.165) is 47.9 Å². The fourth-order valence-corrected chi connectivity index (χ4v) is 3.32. The maximum absolute atomic E-state index is 14.3. The monoisotopic (exact) mass is 408 g/mol. The van der Waals surface area contributed by atoms with Gasteiger partial charge in [0.05, 0.1) is 0 Å². The molecule has 0 aliphatic heterocycles. The average molecular weight is 409 g/mol. The highest BCUT2D eigenvalue weighted by atomic mass is 19.1. The molecular weight excluding hydrogens is 379 g/mol. The van der Waals surface area contributed by atoms with E-state index in [-0.39, 0.29) is 5.82 Å². The fraction of sp³-hybridized carbons (Fsp3) is 0.267. The van der Waals surface area contributed by atoms with Crippen molar-refractivity contribution in [3.05, 3.63) is 106 Å². The number of benzene rings is 3. The number of unbranched alkanes of at least 4 members (excludes halogenated alkanes) is 3. The Labute approximate surface area is 186 Å². The van der Waals surface area contributed by atoms with Gasteiger partial charge in [-0.05, 0) is 78.9 Å². The van der Waals surface area contributed by atoms with E-state index in [1.807, 2.05) is 36.4 Å². The lowest BCUT2D eigenvalue weighted by atomic mass is 10.0. The summed E-state index contributed by atoms with van der Waals surface area (Å²) in [4.78, 5) is 0. The number of hydrogen-bond donors (Lipinski definition) is 0. The zero-order valence-electron chi connectivity index (χ0n) is 18.5. The molecule has 3 aromatic carbocycles. The first-order valence-electron chi connectivity index (χ1n) is 11.2. The van der Waals surface area contributed by atoms with E-state index in [1.165, 1.54) is 18.4 Å². The van der Waals surface area contributed by atoms with Crippen molar-refractivity contribution in [3.63, 3.8) is 0 Å². The van der Waals surface area contributed by atoms with Crippen LogP contribution in [0.3, 0.4) is 0 Å². The van der Waals surface area contributed by atoms with Gasteiger partial charge in [0.15, 0.2) is 0 Å². The first kappa shape index (κ1) is 22.4. The molecule has 0 saturated heterocycles. The van der Waals surface area contributed by atoms with E-state index in [0.29, 0.717) is 5.56 Å². The lowest BCUT2D eigenvalue weighted by Gasteiger charge is -2.03. The lowest BCUT2D eigenvalue weighted by molar-refractivity contribution is 0.593. The molecule has 0 bridgehead atoms. The van der Waals surface area contributed by atoms with Crippen LogP contribution in [0.5, 0.6) is 0 Å². The average Bonchev–Trinajstić information content (AvgIpc) is 2.81. The van der Waals surface area contributed by atoms with Gasteiger partial charge in [0.1, 0.15) is 5.82 Å². The summed E-state index contributed by atoms with van der Waals surface area (Å²) >= 11 is 0. The topological polar surface area (TPSA) is 0 Å². The van der Waals surface area contributed by atoms with Crippen LogP contribution < -0.4 is 0 Å². The van der Waals surface area contributed by atoms with Crippen molar-refractivity contribution in [1.29, 1.82) is 0 Å². The summed E-state index contributed by atoms with van der Waals surface area (Å²) in [5.41, 5.74) is 5.65. The van der Waals surface area contributed by atoms with Crippen molar-refractivity contribution in [2.75, 3.05) is 0 Å². The van der Waals surface area contributed by atoms with Gasteiger partial charge in [-0.15, -0.1) is 0 Å². The van der Waals surface area contributed by atoms with Crippen LogP contribution >= 0.6 is 0 Å². The molecule has 0 nitrogen and oxygen atoms in total. The van der Waals surface area contributed by atoms with Crippen LogP contribution in [0, 0.1) is 29.5 Å². The molecule has 0 saturated carbocycles. The van der Waals surface area contributed by atoms with Gasteiger partial charge in [-0.25, -0.2) is 4.39 Å². The van der Waals surface area contributed by atoms with E-state index in [2.05, 4.69) is 61.8 Å². The van der Waals surface area contributed by atoms with Gasteiger partial charge in [-0.2, -0.15) is 0 Å². The zero-order chi connectivity index (χ0) is 21.9. The second-order valence-electron chi connectivity index (χ2n) is 7.74. The van der Waals surface area contributed by atoms with E-state index in [9.17, 15) is 4.39 Å². The van der Waals surface area contributed by atoms with E-state index >= 15 is 0 Å². The fourth-order valence-electron chi connectivity index (χ4n) is 3.32. The second kappa shape index (κ2) is 11.8. The molecule has 0 heterocycles. The van der Waals surface area contributed by atoms with E-state index in [4.69, 9.17) is 0 Å². The van der Waals surface area contributed by atoms with Gasteiger partial charge >= 0.3 is 0 Å². The molecular formula is C30H29F. The maximum atomic E-state index is 14.3. The van der Waals surface area contributed by atoms with E-state index < -0.39 is 0 Å². The molecule has 0 amide bonds. The third-order valence-electron chi connectivity index (χ3n) is 5.30. The highest BCUT2D eigenvalue weighted by Crippen LogP contribution is 2.14. The van der Waals surface area contributed by atoms with Crippen LogP contribution in [0.25, 0.3) is 0 Å². The Kier molecular flexibility index (Phi) is 8.51. The minimum atomic E-state index is -0.152. The normalized spacial score (nSPS) is 10.0. The van der Waals surface area contributed by atoms with Crippen molar-refractivity contribution in [1.82, 2.24) is 0 Å². The minimum Gasteiger partial charge on any atom is -0.207 e. The standard InChI is InChI=1S/C30H29F/c1-3-5-6-7-8-29-22-21-28(23-30(29)31)20-19-27-17-15-26(16-18-27)14-13-25-11-9-24(4-2)10-12-25/h9-12,15-18,21-23H,3-8H2,1-2H3. The quantitative estimate of drug-likeness (QED) is 0.296. The number of halogens is 1. The number of aryl methyl sites for hydroxylation is 2.